The fourth-order valence-electron chi connectivity index (χ4n) is 4.36. The molecule has 0 radical (unpaired) electrons. The number of aromatic nitrogens is 2. The van der Waals surface area contributed by atoms with Crippen molar-refractivity contribution in [2.75, 3.05) is 17.2 Å². The Morgan fingerprint density at radius 3 is 2.16 bits per heavy atom. The second-order valence-corrected chi connectivity index (χ2v) is 9.54. The van der Waals surface area contributed by atoms with E-state index in [0.29, 0.717) is 23.7 Å². The van der Waals surface area contributed by atoms with E-state index < -0.39 is 11.7 Å². The van der Waals surface area contributed by atoms with Gasteiger partial charge in [0.1, 0.15) is 22.9 Å². The van der Waals surface area contributed by atoms with E-state index in [-0.39, 0.29) is 17.9 Å². The van der Waals surface area contributed by atoms with Gasteiger partial charge in [0.25, 0.3) is 0 Å². The van der Waals surface area contributed by atoms with Crippen molar-refractivity contribution in [3.63, 3.8) is 0 Å². The molecular weight excluding hydrogens is 493 g/mol. The van der Waals surface area contributed by atoms with Crippen LogP contribution in [-0.4, -0.2) is 22.7 Å². The SMILES string of the molecule is CCCCCCOc1ccc(Nc2ncc(C(F)(F)F)c(Nc3ccc(OC4CCCCC4)cc3)n2)cc1. The highest BCUT2D eigenvalue weighted by molar-refractivity contribution is 5.63. The smallest absolute Gasteiger partial charge is 0.421 e. The largest absolute Gasteiger partial charge is 0.494 e. The summed E-state index contributed by atoms with van der Waals surface area (Å²) in [7, 11) is 0. The Morgan fingerprint density at radius 1 is 0.842 bits per heavy atom. The van der Waals surface area contributed by atoms with Gasteiger partial charge < -0.3 is 20.1 Å². The van der Waals surface area contributed by atoms with Gasteiger partial charge in [0.15, 0.2) is 0 Å². The first-order valence-electron chi connectivity index (χ1n) is 13.4. The van der Waals surface area contributed by atoms with Crippen molar-refractivity contribution in [2.45, 2.75) is 77.0 Å². The van der Waals surface area contributed by atoms with Crippen molar-refractivity contribution in [1.82, 2.24) is 9.97 Å². The zero-order chi connectivity index (χ0) is 26.8. The molecule has 0 unspecified atom stereocenters. The molecule has 1 fully saturated rings. The number of hydrogen-bond acceptors (Lipinski definition) is 6. The highest BCUT2D eigenvalue weighted by Crippen LogP contribution is 2.36. The van der Waals surface area contributed by atoms with E-state index in [1.807, 2.05) is 12.1 Å². The van der Waals surface area contributed by atoms with Crippen LogP contribution in [0.2, 0.25) is 0 Å². The first kappa shape index (κ1) is 27.5. The van der Waals surface area contributed by atoms with Gasteiger partial charge in [0.05, 0.1) is 12.7 Å². The molecule has 0 bridgehead atoms. The molecule has 1 aliphatic carbocycles. The van der Waals surface area contributed by atoms with Crippen molar-refractivity contribution < 1.29 is 22.6 Å². The van der Waals surface area contributed by atoms with Crippen molar-refractivity contribution in [1.29, 1.82) is 0 Å². The molecule has 1 saturated carbocycles. The number of nitrogens with zero attached hydrogens (tertiary/aromatic N) is 2. The first-order chi connectivity index (χ1) is 18.4. The van der Waals surface area contributed by atoms with Gasteiger partial charge in [-0.05, 0) is 80.6 Å². The maximum Gasteiger partial charge on any atom is 0.421 e. The summed E-state index contributed by atoms with van der Waals surface area (Å²) in [6.45, 7) is 2.81. The normalized spacial score (nSPS) is 14.2. The molecule has 38 heavy (non-hydrogen) atoms. The molecule has 9 heteroatoms. The number of rotatable bonds is 12. The number of nitrogens with one attached hydrogen (secondary N) is 2. The van der Waals surface area contributed by atoms with Gasteiger partial charge in [-0.15, -0.1) is 0 Å². The maximum atomic E-state index is 13.7. The molecule has 2 aromatic carbocycles. The summed E-state index contributed by atoms with van der Waals surface area (Å²) in [6.07, 6.45) is 6.47. The zero-order valence-electron chi connectivity index (χ0n) is 21.7. The van der Waals surface area contributed by atoms with Crippen LogP contribution in [0, 0.1) is 0 Å². The molecule has 1 aliphatic rings. The predicted molar refractivity (Wildman–Crippen MR) is 144 cm³/mol. The molecule has 1 aromatic heterocycles. The lowest BCUT2D eigenvalue weighted by atomic mass is 9.98. The number of alkyl halides is 3. The molecule has 0 aliphatic heterocycles. The van der Waals surface area contributed by atoms with Crippen LogP contribution in [-0.2, 0) is 6.18 Å². The van der Waals surface area contributed by atoms with Crippen molar-refractivity contribution in [2.24, 2.45) is 0 Å². The fourth-order valence-corrected chi connectivity index (χ4v) is 4.36. The predicted octanol–water partition coefficient (Wildman–Crippen LogP) is 8.65. The van der Waals surface area contributed by atoms with Gasteiger partial charge >= 0.3 is 6.18 Å². The zero-order valence-corrected chi connectivity index (χ0v) is 21.7. The molecule has 0 atom stereocenters. The number of halogens is 3. The number of anilines is 4. The van der Waals surface area contributed by atoms with Gasteiger partial charge in [-0.25, -0.2) is 4.98 Å². The lowest BCUT2D eigenvalue weighted by molar-refractivity contribution is -0.137. The van der Waals surface area contributed by atoms with E-state index in [0.717, 1.165) is 50.5 Å². The van der Waals surface area contributed by atoms with Gasteiger partial charge in [0, 0.05) is 17.6 Å². The second kappa shape index (κ2) is 13.3. The fraction of sp³-hybridized carbons (Fsp3) is 0.448. The van der Waals surface area contributed by atoms with Crippen LogP contribution in [0.25, 0.3) is 0 Å². The molecule has 0 spiro atoms. The minimum atomic E-state index is -4.61. The van der Waals surface area contributed by atoms with Gasteiger partial charge in [-0.2, -0.15) is 18.2 Å². The number of hydrogen-bond donors (Lipinski definition) is 2. The summed E-state index contributed by atoms with van der Waals surface area (Å²) < 4.78 is 52.8. The summed E-state index contributed by atoms with van der Waals surface area (Å²) in [6, 6.07) is 14.1. The standard InChI is InChI=1S/C29H35F3N4O2/c1-2-3-4-8-19-37-23-15-11-22(12-16-23)35-28-33-20-26(29(30,31)32)27(36-28)34-21-13-17-25(18-14-21)38-24-9-6-5-7-10-24/h11-18,20,24H,2-10,19H2,1H3,(H2,33,34,35,36). The lowest BCUT2D eigenvalue weighted by Gasteiger charge is -2.23. The second-order valence-electron chi connectivity index (χ2n) is 9.54. The Balaban J connectivity index is 1.41. The van der Waals surface area contributed by atoms with Crippen LogP contribution in [0.3, 0.4) is 0 Å². The number of ether oxygens (including phenoxy) is 2. The molecule has 3 aromatic rings. The molecule has 204 valence electrons. The van der Waals surface area contributed by atoms with Crippen LogP contribution >= 0.6 is 0 Å². The van der Waals surface area contributed by atoms with Crippen molar-refractivity contribution in [3.8, 4) is 11.5 Å². The van der Waals surface area contributed by atoms with Crippen LogP contribution in [0.1, 0.15) is 70.3 Å². The van der Waals surface area contributed by atoms with Crippen LogP contribution in [0.15, 0.2) is 54.7 Å². The first-order valence-corrected chi connectivity index (χ1v) is 13.4. The monoisotopic (exact) mass is 528 g/mol. The molecular formula is C29H35F3N4O2. The molecule has 1 heterocycles. The Labute approximate surface area is 222 Å². The van der Waals surface area contributed by atoms with Gasteiger partial charge in [0.2, 0.25) is 5.95 Å². The summed E-state index contributed by atoms with van der Waals surface area (Å²) >= 11 is 0. The Hall–Kier alpha value is -3.49. The molecule has 4 rings (SSSR count). The molecule has 0 saturated heterocycles. The maximum absolute atomic E-state index is 13.7. The van der Waals surface area contributed by atoms with Crippen LogP contribution in [0.5, 0.6) is 11.5 Å². The summed E-state index contributed by atoms with van der Waals surface area (Å²) in [4.78, 5) is 8.02. The van der Waals surface area contributed by atoms with E-state index in [9.17, 15) is 13.2 Å². The topological polar surface area (TPSA) is 68.3 Å². The average molecular weight is 529 g/mol. The van der Waals surface area contributed by atoms with E-state index >= 15 is 0 Å². The summed E-state index contributed by atoms with van der Waals surface area (Å²) in [5.74, 6) is 1.16. The average Bonchev–Trinajstić information content (AvgIpc) is 2.91. The highest BCUT2D eigenvalue weighted by atomic mass is 19.4. The molecule has 6 nitrogen and oxygen atoms in total. The summed E-state index contributed by atoms with van der Waals surface area (Å²) in [5, 5.41) is 5.77. The quantitative estimate of drug-likeness (QED) is 0.229. The van der Waals surface area contributed by atoms with E-state index in [4.69, 9.17) is 9.47 Å². The number of unbranched alkanes of at least 4 members (excludes halogenated alkanes) is 3. The van der Waals surface area contributed by atoms with Crippen molar-refractivity contribution in [3.05, 3.63) is 60.3 Å². The van der Waals surface area contributed by atoms with E-state index in [1.54, 1.807) is 36.4 Å². The summed E-state index contributed by atoms with van der Waals surface area (Å²) in [5.41, 5.74) is 0.159. The third-order valence-corrected chi connectivity index (χ3v) is 6.44. The van der Waals surface area contributed by atoms with Crippen molar-refractivity contribution >= 4 is 23.1 Å². The van der Waals surface area contributed by atoms with Crippen LogP contribution in [0.4, 0.5) is 36.3 Å². The van der Waals surface area contributed by atoms with Gasteiger partial charge in [-0.1, -0.05) is 32.6 Å². The molecule has 2 N–H and O–H groups in total. The van der Waals surface area contributed by atoms with Crippen LogP contribution < -0.4 is 20.1 Å². The minimum Gasteiger partial charge on any atom is -0.494 e. The van der Waals surface area contributed by atoms with E-state index in [1.165, 1.54) is 19.3 Å². The molecule has 0 amide bonds. The van der Waals surface area contributed by atoms with E-state index in [2.05, 4.69) is 27.5 Å². The highest BCUT2D eigenvalue weighted by Gasteiger charge is 2.35. The van der Waals surface area contributed by atoms with Gasteiger partial charge in [-0.3, -0.25) is 0 Å². The third-order valence-electron chi connectivity index (χ3n) is 6.44. The Morgan fingerprint density at radius 2 is 1.50 bits per heavy atom. The number of benzene rings is 2. The Kier molecular flexibility index (Phi) is 9.67. The third kappa shape index (κ3) is 8.26. The Bertz CT molecular complexity index is 1130. The minimum absolute atomic E-state index is 0.0472. The lowest BCUT2D eigenvalue weighted by Crippen LogP contribution is -2.19.